The fourth-order valence-electron chi connectivity index (χ4n) is 4.68. The van der Waals surface area contributed by atoms with E-state index in [1.54, 1.807) is 6.08 Å². The summed E-state index contributed by atoms with van der Waals surface area (Å²) in [6.45, 7) is 8.12. The number of nitrogens with one attached hydrogen (secondary N) is 1. The predicted octanol–water partition coefficient (Wildman–Crippen LogP) is 4.12. The van der Waals surface area contributed by atoms with Gasteiger partial charge in [-0.2, -0.15) is 0 Å². The van der Waals surface area contributed by atoms with E-state index >= 15 is 0 Å². The summed E-state index contributed by atoms with van der Waals surface area (Å²) >= 11 is 0. The number of barbiturate groups is 1. The van der Waals surface area contributed by atoms with Gasteiger partial charge in [0.25, 0.3) is 11.8 Å². The topological polar surface area (TPSA) is 71.4 Å². The van der Waals surface area contributed by atoms with Gasteiger partial charge in [0.2, 0.25) is 0 Å². The Kier molecular flexibility index (Phi) is 5.10. The van der Waals surface area contributed by atoms with Gasteiger partial charge in [0.1, 0.15) is 5.57 Å². The normalized spacial score (nSPS) is 19.1. The van der Waals surface area contributed by atoms with E-state index in [4.69, 9.17) is 0 Å². The lowest BCUT2D eigenvalue weighted by atomic mass is 10.1. The molecule has 2 aromatic rings. The number of aromatic nitrogens is 1. The van der Waals surface area contributed by atoms with E-state index in [9.17, 15) is 14.4 Å². The average Bonchev–Trinajstić information content (AvgIpc) is 3.28. The van der Waals surface area contributed by atoms with Crippen molar-refractivity contribution in [2.75, 3.05) is 0 Å². The zero-order chi connectivity index (χ0) is 21.6. The number of rotatable bonds is 3. The molecule has 0 unspecified atom stereocenters. The number of amides is 4. The summed E-state index contributed by atoms with van der Waals surface area (Å²) in [5, 5.41) is 2.35. The van der Waals surface area contributed by atoms with Crippen LogP contribution >= 0.6 is 0 Å². The van der Waals surface area contributed by atoms with E-state index in [0.29, 0.717) is 0 Å². The van der Waals surface area contributed by atoms with Gasteiger partial charge in [-0.05, 0) is 69.9 Å². The molecule has 30 heavy (non-hydrogen) atoms. The molecule has 1 saturated heterocycles. The van der Waals surface area contributed by atoms with Gasteiger partial charge in [0.05, 0.1) is 0 Å². The Morgan fingerprint density at radius 3 is 2.37 bits per heavy atom. The first-order valence-corrected chi connectivity index (χ1v) is 10.4. The molecular formula is C24H27N3O3. The maximum atomic E-state index is 13.1. The van der Waals surface area contributed by atoms with E-state index in [0.717, 1.165) is 53.9 Å². The van der Waals surface area contributed by atoms with Crippen molar-refractivity contribution >= 4 is 23.9 Å². The summed E-state index contributed by atoms with van der Waals surface area (Å²) in [7, 11) is 0. The van der Waals surface area contributed by atoms with Crippen LogP contribution in [0.4, 0.5) is 4.79 Å². The predicted molar refractivity (Wildman–Crippen MR) is 115 cm³/mol. The number of urea groups is 1. The molecule has 2 fully saturated rings. The number of hydrogen-bond acceptors (Lipinski definition) is 3. The second kappa shape index (κ2) is 7.59. The van der Waals surface area contributed by atoms with Crippen LogP contribution in [0.25, 0.3) is 11.8 Å². The number of carbonyl (C=O) groups is 3. The molecule has 1 aliphatic carbocycles. The molecule has 0 bridgehead atoms. The summed E-state index contributed by atoms with van der Waals surface area (Å²) in [6, 6.07) is 7.53. The maximum absolute atomic E-state index is 13.1. The largest absolute Gasteiger partial charge is 0.331 e. The first kappa shape index (κ1) is 20.1. The minimum Gasteiger partial charge on any atom is -0.318 e. The average molecular weight is 405 g/mol. The summed E-state index contributed by atoms with van der Waals surface area (Å²) in [5.41, 5.74) is 6.19. The zero-order valence-corrected chi connectivity index (χ0v) is 17.9. The van der Waals surface area contributed by atoms with Crippen molar-refractivity contribution < 1.29 is 14.4 Å². The molecular weight excluding hydrogens is 378 g/mol. The minimum absolute atomic E-state index is 0.0161. The Hall–Kier alpha value is -3.15. The maximum Gasteiger partial charge on any atom is 0.331 e. The van der Waals surface area contributed by atoms with E-state index in [-0.39, 0.29) is 11.6 Å². The van der Waals surface area contributed by atoms with E-state index in [2.05, 4.69) is 41.9 Å². The lowest BCUT2D eigenvalue weighted by Crippen LogP contribution is -2.57. The molecule has 0 radical (unpaired) electrons. The number of imide groups is 2. The highest BCUT2D eigenvalue weighted by Gasteiger charge is 2.40. The number of carbonyl (C=O) groups excluding carboxylic acids is 3. The molecule has 0 spiro atoms. The number of aryl methyl sites for hydroxylation is 3. The molecule has 1 N–H and O–H groups in total. The zero-order valence-electron chi connectivity index (χ0n) is 17.9. The van der Waals surface area contributed by atoms with Crippen LogP contribution in [0, 0.1) is 27.7 Å². The summed E-state index contributed by atoms with van der Waals surface area (Å²) in [6.07, 6.45) is 5.19. The fourth-order valence-corrected chi connectivity index (χ4v) is 4.68. The van der Waals surface area contributed by atoms with E-state index in [1.807, 2.05) is 19.9 Å². The third kappa shape index (κ3) is 3.36. The molecule has 1 aromatic heterocycles. The Labute approximate surface area is 176 Å². The molecule has 2 aliphatic rings. The molecule has 0 atom stereocenters. The van der Waals surface area contributed by atoms with Gasteiger partial charge < -0.3 is 4.57 Å². The standard InChI is InChI=1S/C24H27N3O3/c1-14-9-10-21(15(2)11-14)26-16(3)12-18(17(26)4)13-20-22(28)25-24(30)27(23(20)29)19-7-5-6-8-19/h9-13,19H,5-8H2,1-4H3,(H,25,28,30)/b20-13+. The van der Waals surface area contributed by atoms with Crippen molar-refractivity contribution in [2.24, 2.45) is 0 Å². The van der Waals surface area contributed by atoms with Crippen LogP contribution in [-0.2, 0) is 9.59 Å². The third-order valence-corrected chi connectivity index (χ3v) is 6.19. The van der Waals surface area contributed by atoms with Crippen molar-refractivity contribution in [1.82, 2.24) is 14.8 Å². The van der Waals surface area contributed by atoms with Crippen LogP contribution in [0.15, 0.2) is 29.8 Å². The number of benzene rings is 1. The van der Waals surface area contributed by atoms with Gasteiger partial charge in [-0.1, -0.05) is 30.5 Å². The third-order valence-electron chi connectivity index (χ3n) is 6.19. The van der Waals surface area contributed by atoms with Crippen molar-refractivity contribution in [3.63, 3.8) is 0 Å². The molecule has 1 saturated carbocycles. The van der Waals surface area contributed by atoms with Gasteiger partial charge in [-0.15, -0.1) is 0 Å². The van der Waals surface area contributed by atoms with Crippen molar-refractivity contribution in [3.8, 4) is 5.69 Å². The SMILES string of the molecule is Cc1ccc(-n2c(C)cc(/C=C3\C(=O)NC(=O)N(C4CCCC4)C3=O)c2C)c(C)c1. The van der Waals surface area contributed by atoms with Crippen LogP contribution in [0.3, 0.4) is 0 Å². The molecule has 1 aliphatic heterocycles. The smallest absolute Gasteiger partial charge is 0.318 e. The molecule has 4 amide bonds. The Bertz CT molecular complexity index is 1090. The lowest BCUT2D eigenvalue weighted by molar-refractivity contribution is -0.131. The fraction of sp³-hybridized carbons (Fsp3) is 0.375. The van der Waals surface area contributed by atoms with Crippen LogP contribution in [0.2, 0.25) is 0 Å². The summed E-state index contributed by atoms with van der Waals surface area (Å²) < 4.78 is 2.13. The Balaban J connectivity index is 1.74. The summed E-state index contributed by atoms with van der Waals surface area (Å²) in [4.78, 5) is 39.1. The lowest BCUT2D eigenvalue weighted by Gasteiger charge is -2.31. The van der Waals surface area contributed by atoms with Crippen molar-refractivity contribution in [2.45, 2.75) is 59.4 Å². The number of hydrogen-bond donors (Lipinski definition) is 1. The second-order valence-electron chi connectivity index (χ2n) is 8.38. The highest BCUT2D eigenvalue weighted by atomic mass is 16.2. The van der Waals surface area contributed by atoms with Gasteiger partial charge >= 0.3 is 6.03 Å². The van der Waals surface area contributed by atoms with Crippen LogP contribution in [0.1, 0.15) is 53.8 Å². The molecule has 2 heterocycles. The molecule has 6 heteroatoms. The van der Waals surface area contributed by atoms with E-state index < -0.39 is 17.8 Å². The first-order chi connectivity index (χ1) is 14.3. The molecule has 6 nitrogen and oxygen atoms in total. The van der Waals surface area contributed by atoms with Gasteiger partial charge in [-0.3, -0.25) is 19.8 Å². The monoisotopic (exact) mass is 405 g/mol. The quantitative estimate of drug-likeness (QED) is 0.617. The van der Waals surface area contributed by atoms with E-state index in [1.165, 1.54) is 10.5 Å². The van der Waals surface area contributed by atoms with Crippen molar-refractivity contribution in [3.05, 3.63) is 57.9 Å². The first-order valence-electron chi connectivity index (χ1n) is 10.4. The molecule has 156 valence electrons. The Morgan fingerprint density at radius 2 is 1.70 bits per heavy atom. The number of nitrogens with zero attached hydrogens (tertiary/aromatic N) is 2. The van der Waals surface area contributed by atoms with Crippen LogP contribution < -0.4 is 5.32 Å². The van der Waals surface area contributed by atoms with Crippen LogP contribution in [-0.4, -0.2) is 33.4 Å². The second-order valence-corrected chi connectivity index (χ2v) is 8.38. The Morgan fingerprint density at radius 1 is 1.00 bits per heavy atom. The van der Waals surface area contributed by atoms with Gasteiger partial charge in [0, 0.05) is 23.1 Å². The highest BCUT2D eigenvalue weighted by molar-refractivity contribution is 6.31. The van der Waals surface area contributed by atoms with Crippen molar-refractivity contribution in [1.29, 1.82) is 0 Å². The molecule has 4 rings (SSSR count). The molecule has 1 aromatic carbocycles. The van der Waals surface area contributed by atoms with Crippen LogP contribution in [0.5, 0.6) is 0 Å². The van der Waals surface area contributed by atoms with Gasteiger partial charge in [-0.25, -0.2) is 4.79 Å². The van der Waals surface area contributed by atoms with Gasteiger partial charge in [0.15, 0.2) is 0 Å². The highest BCUT2D eigenvalue weighted by Crippen LogP contribution is 2.29. The minimum atomic E-state index is -0.629. The summed E-state index contributed by atoms with van der Waals surface area (Å²) in [5.74, 6) is -1.12.